The Kier molecular flexibility index (Phi) is 5.31. The maximum Gasteiger partial charge on any atom is 0.227 e. The van der Waals surface area contributed by atoms with Crippen LogP contribution in [-0.4, -0.2) is 41.4 Å². The van der Waals surface area contributed by atoms with Crippen LogP contribution in [0.4, 0.5) is 17.3 Å². The number of ether oxygens (including phenoxy) is 1. The van der Waals surface area contributed by atoms with Crippen LogP contribution in [0.25, 0.3) is 21.3 Å². The summed E-state index contributed by atoms with van der Waals surface area (Å²) in [5.41, 5.74) is 6.14. The standard InChI is InChI=1S/C23H22N4O2S/c28-14-16-1-3-17(4-2-16)20-15-30-21-13-24-23(26-22(20)21)25-18-5-7-19(8-6-18)27-9-11-29-12-10-27/h1-8,13,15,28H,9-12,14H2,(H,24,25,26). The van der Waals surface area contributed by atoms with Gasteiger partial charge >= 0.3 is 0 Å². The molecule has 0 unspecified atom stereocenters. The zero-order valence-corrected chi connectivity index (χ0v) is 17.2. The van der Waals surface area contributed by atoms with Crippen LogP contribution < -0.4 is 10.2 Å². The van der Waals surface area contributed by atoms with Gasteiger partial charge in [-0.15, -0.1) is 11.3 Å². The zero-order chi connectivity index (χ0) is 20.3. The molecule has 0 bridgehead atoms. The van der Waals surface area contributed by atoms with Crippen LogP contribution >= 0.6 is 11.3 Å². The van der Waals surface area contributed by atoms with Crippen molar-refractivity contribution < 1.29 is 9.84 Å². The van der Waals surface area contributed by atoms with E-state index in [-0.39, 0.29) is 6.61 Å². The van der Waals surface area contributed by atoms with Crippen molar-refractivity contribution in [2.24, 2.45) is 0 Å². The first-order chi connectivity index (χ1) is 14.8. The molecule has 0 radical (unpaired) electrons. The molecular weight excluding hydrogens is 396 g/mol. The Labute approximate surface area is 178 Å². The molecular formula is C23H22N4O2S. The molecule has 0 aliphatic carbocycles. The van der Waals surface area contributed by atoms with Crippen molar-refractivity contribution in [3.63, 3.8) is 0 Å². The third-order valence-corrected chi connectivity index (χ3v) is 6.17. The number of nitrogens with one attached hydrogen (secondary N) is 1. The van der Waals surface area contributed by atoms with Gasteiger partial charge in [0, 0.05) is 35.4 Å². The molecule has 2 aromatic heterocycles. The number of rotatable bonds is 5. The number of nitrogens with zero attached hydrogens (tertiary/aromatic N) is 3. The van der Waals surface area contributed by atoms with Crippen LogP contribution in [0.3, 0.4) is 0 Å². The second-order valence-corrected chi connectivity index (χ2v) is 8.09. The van der Waals surface area contributed by atoms with Gasteiger partial charge in [-0.25, -0.2) is 9.97 Å². The first-order valence-electron chi connectivity index (χ1n) is 9.94. The largest absolute Gasteiger partial charge is 0.392 e. The number of benzene rings is 2. The Morgan fingerprint density at radius 3 is 2.53 bits per heavy atom. The van der Waals surface area contributed by atoms with Gasteiger partial charge in [-0.3, -0.25) is 0 Å². The summed E-state index contributed by atoms with van der Waals surface area (Å²) in [6.45, 7) is 3.45. The smallest absolute Gasteiger partial charge is 0.227 e. The van der Waals surface area contributed by atoms with Crippen LogP contribution in [-0.2, 0) is 11.3 Å². The second-order valence-electron chi connectivity index (χ2n) is 7.18. The van der Waals surface area contributed by atoms with E-state index in [1.165, 1.54) is 5.69 Å². The van der Waals surface area contributed by atoms with Crippen molar-refractivity contribution in [3.05, 3.63) is 65.7 Å². The van der Waals surface area contributed by atoms with Gasteiger partial charge in [-0.2, -0.15) is 0 Å². The monoisotopic (exact) mass is 418 g/mol. The Hall–Kier alpha value is -3.00. The Morgan fingerprint density at radius 1 is 1.03 bits per heavy atom. The quantitative estimate of drug-likeness (QED) is 0.500. The predicted molar refractivity (Wildman–Crippen MR) is 122 cm³/mol. The van der Waals surface area contributed by atoms with Crippen LogP contribution in [0.1, 0.15) is 5.56 Å². The van der Waals surface area contributed by atoms with Crippen molar-refractivity contribution in [1.29, 1.82) is 0 Å². The Balaban J connectivity index is 1.38. The van der Waals surface area contributed by atoms with Crippen LogP contribution in [0, 0.1) is 0 Å². The Bertz CT molecular complexity index is 1140. The lowest BCUT2D eigenvalue weighted by Crippen LogP contribution is -2.36. The van der Waals surface area contributed by atoms with Gasteiger partial charge < -0.3 is 20.1 Å². The lowest BCUT2D eigenvalue weighted by Gasteiger charge is -2.28. The number of morpholine rings is 1. The molecule has 0 spiro atoms. The molecule has 0 saturated carbocycles. The normalized spacial score (nSPS) is 14.2. The van der Waals surface area contributed by atoms with Gasteiger partial charge in [0.25, 0.3) is 0 Å². The number of aliphatic hydroxyl groups is 1. The number of thiophene rings is 1. The Morgan fingerprint density at radius 2 is 1.80 bits per heavy atom. The van der Waals surface area contributed by atoms with Crippen LogP contribution in [0.2, 0.25) is 0 Å². The lowest BCUT2D eigenvalue weighted by molar-refractivity contribution is 0.122. The van der Waals surface area contributed by atoms with Crippen molar-refractivity contribution in [1.82, 2.24) is 9.97 Å². The average molecular weight is 419 g/mol. The summed E-state index contributed by atoms with van der Waals surface area (Å²) in [7, 11) is 0. The zero-order valence-electron chi connectivity index (χ0n) is 16.4. The summed E-state index contributed by atoms with van der Waals surface area (Å²) in [5.74, 6) is 0.577. The highest BCUT2D eigenvalue weighted by Crippen LogP contribution is 2.33. The maximum atomic E-state index is 9.26. The molecule has 7 heteroatoms. The van der Waals surface area contributed by atoms with Crippen LogP contribution in [0.15, 0.2) is 60.1 Å². The SMILES string of the molecule is OCc1ccc(-c2csc3cnc(Nc4ccc(N5CCOCC5)cc4)nc23)cc1. The van der Waals surface area contributed by atoms with Gasteiger partial charge in [0.1, 0.15) is 0 Å². The summed E-state index contributed by atoms with van der Waals surface area (Å²) in [5, 5.41) is 14.7. The summed E-state index contributed by atoms with van der Waals surface area (Å²) in [6.07, 6.45) is 1.86. The highest BCUT2D eigenvalue weighted by molar-refractivity contribution is 7.17. The number of hydrogen-bond acceptors (Lipinski definition) is 7. The van der Waals surface area contributed by atoms with E-state index in [0.29, 0.717) is 5.95 Å². The minimum absolute atomic E-state index is 0.0469. The number of aliphatic hydroxyl groups excluding tert-OH is 1. The summed E-state index contributed by atoms with van der Waals surface area (Å²) < 4.78 is 6.47. The van der Waals surface area contributed by atoms with E-state index in [2.05, 4.69) is 44.8 Å². The highest BCUT2D eigenvalue weighted by Gasteiger charge is 2.12. The molecule has 30 heavy (non-hydrogen) atoms. The van der Waals surface area contributed by atoms with E-state index >= 15 is 0 Å². The van der Waals surface area contributed by atoms with Gasteiger partial charge in [0.05, 0.1) is 36.2 Å². The van der Waals surface area contributed by atoms with E-state index in [1.54, 1.807) is 11.3 Å². The number of hydrogen-bond donors (Lipinski definition) is 2. The summed E-state index contributed by atoms with van der Waals surface area (Å²) >= 11 is 1.63. The predicted octanol–water partition coefficient (Wildman–Crippen LogP) is 4.43. The van der Waals surface area contributed by atoms with E-state index in [0.717, 1.165) is 58.9 Å². The summed E-state index contributed by atoms with van der Waals surface area (Å²) in [4.78, 5) is 11.6. The molecule has 3 heterocycles. The van der Waals surface area contributed by atoms with Crippen molar-refractivity contribution in [3.8, 4) is 11.1 Å². The first-order valence-corrected chi connectivity index (χ1v) is 10.8. The lowest BCUT2D eigenvalue weighted by atomic mass is 10.1. The molecule has 4 aromatic rings. The van der Waals surface area contributed by atoms with Gasteiger partial charge in [0.15, 0.2) is 0 Å². The van der Waals surface area contributed by atoms with Gasteiger partial charge in [-0.05, 0) is 35.4 Å². The van der Waals surface area contributed by atoms with E-state index < -0.39 is 0 Å². The maximum absolute atomic E-state index is 9.26. The molecule has 6 nitrogen and oxygen atoms in total. The van der Waals surface area contributed by atoms with Gasteiger partial charge in [0.2, 0.25) is 5.95 Å². The second kappa shape index (κ2) is 8.39. The van der Waals surface area contributed by atoms with E-state index in [4.69, 9.17) is 9.72 Å². The number of fused-ring (bicyclic) bond motifs is 1. The highest BCUT2D eigenvalue weighted by atomic mass is 32.1. The number of aromatic nitrogens is 2. The molecule has 5 rings (SSSR count). The van der Waals surface area contributed by atoms with E-state index in [1.807, 2.05) is 30.5 Å². The number of anilines is 3. The van der Waals surface area contributed by atoms with Gasteiger partial charge in [-0.1, -0.05) is 24.3 Å². The molecule has 1 aliphatic rings. The minimum Gasteiger partial charge on any atom is -0.392 e. The molecule has 152 valence electrons. The fourth-order valence-electron chi connectivity index (χ4n) is 3.59. The van der Waals surface area contributed by atoms with Crippen LogP contribution in [0.5, 0.6) is 0 Å². The van der Waals surface area contributed by atoms with Crippen molar-refractivity contribution >= 4 is 38.9 Å². The molecule has 1 aliphatic heterocycles. The van der Waals surface area contributed by atoms with Crippen molar-refractivity contribution in [2.75, 3.05) is 36.5 Å². The third kappa shape index (κ3) is 3.87. The van der Waals surface area contributed by atoms with Crippen molar-refractivity contribution in [2.45, 2.75) is 6.61 Å². The fourth-order valence-corrected chi connectivity index (χ4v) is 4.46. The molecule has 1 fully saturated rings. The molecule has 1 saturated heterocycles. The molecule has 0 amide bonds. The topological polar surface area (TPSA) is 70.5 Å². The first kappa shape index (κ1) is 19.0. The fraction of sp³-hybridized carbons (Fsp3) is 0.217. The minimum atomic E-state index is 0.0469. The van der Waals surface area contributed by atoms with E-state index in [9.17, 15) is 5.11 Å². The molecule has 2 N–H and O–H groups in total. The molecule has 2 aromatic carbocycles. The average Bonchev–Trinajstić information content (AvgIpc) is 3.23. The summed E-state index contributed by atoms with van der Waals surface area (Å²) in [6, 6.07) is 16.3. The molecule has 0 atom stereocenters. The third-order valence-electron chi connectivity index (χ3n) is 5.26.